The second-order valence-electron chi connectivity index (χ2n) is 3.74. The maximum absolute atomic E-state index is 12.6. The van der Waals surface area contributed by atoms with E-state index in [1.807, 2.05) is 11.8 Å². The molecule has 1 aromatic carbocycles. The number of hydrogen-bond acceptors (Lipinski definition) is 2. The van der Waals surface area contributed by atoms with Crippen LogP contribution in [0.3, 0.4) is 0 Å². The zero-order valence-electron chi connectivity index (χ0n) is 8.55. The van der Waals surface area contributed by atoms with Crippen LogP contribution in [0.1, 0.15) is 11.1 Å². The Kier molecular flexibility index (Phi) is 3.44. The third kappa shape index (κ3) is 3.15. The van der Waals surface area contributed by atoms with Crippen LogP contribution in [0, 0.1) is 0 Å². The zero-order valence-corrected chi connectivity index (χ0v) is 9.37. The molecule has 1 saturated heterocycles. The van der Waals surface area contributed by atoms with Crippen LogP contribution in [0.25, 0.3) is 0 Å². The number of alkyl halides is 3. The van der Waals surface area contributed by atoms with Crippen LogP contribution in [0.4, 0.5) is 13.2 Å². The molecule has 88 valence electrons. The minimum Gasteiger partial charge on any atom is -0.312 e. The first-order valence-corrected chi connectivity index (χ1v) is 6.09. The Labute approximate surface area is 96.4 Å². The Morgan fingerprint density at radius 3 is 2.62 bits per heavy atom. The van der Waals surface area contributed by atoms with Crippen LogP contribution in [0.5, 0.6) is 0 Å². The van der Waals surface area contributed by atoms with Gasteiger partial charge in [-0.2, -0.15) is 24.9 Å². The van der Waals surface area contributed by atoms with Crippen LogP contribution in [-0.2, 0) is 12.7 Å². The van der Waals surface area contributed by atoms with Crippen molar-refractivity contribution in [3.8, 4) is 0 Å². The van der Waals surface area contributed by atoms with Crippen LogP contribution < -0.4 is 5.32 Å². The average molecular weight is 247 g/mol. The second-order valence-corrected chi connectivity index (χ2v) is 5.07. The van der Waals surface area contributed by atoms with Gasteiger partial charge >= 0.3 is 6.18 Å². The van der Waals surface area contributed by atoms with Gasteiger partial charge in [-0.3, -0.25) is 0 Å². The molecule has 1 aromatic rings. The van der Waals surface area contributed by atoms with Crippen LogP contribution in [-0.4, -0.2) is 17.5 Å². The first-order valence-electron chi connectivity index (χ1n) is 5.05. The molecule has 0 spiro atoms. The number of benzene rings is 1. The molecule has 1 N–H and O–H groups in total. The standard InChI is InChI=1S/C11H12F3NS/c12-11(13,14)10-4-2-1-3-8(10)5-15-6-9-7-16-9/h1-4,9,15H,5-7H2. The van der Waals surface area contributed by atoms with Crippen LogP contribution in [0.2, 0.25) is 0 Å². The smallest absolute Gasteiger partial charge is 0.312 e. The Balaban J connectivity index is 2.00. The molecule has 1 fully saturated rings. The third-order valence-corrected chi connectivity index (χ3v) is 3.38. The van der Waals surface area contributed by atoms with Gasteiger partial charge in [0.2, 0.25) is 0 Å². The topological polar surface area (TPSA) is 12.0 Å². The van der Waals surface area contributed by atoms with E-state index in [4.69, 9.17) is 0 Å². The van der Waals surface area contributed by atoms with Crippen molar-refractivity contribution >= 4 is 11.8 Å². The minimum atomic E-state index is -4.26. The molecular formula is C11H12F3NS. The van der Waals surface area contributed by atoms with E-state index in [1.165, 1.54) is 12.1 Å². The summed E-state index contributed by atoms with van der Waals surface area (Å²) in [5, 5.41) is 3.65. The van der Waals surface area contributed by atoms with Crippen LogP contribution in [0.15, 0.2) is 24.3 Å². The Morgan fingerprint density at radius 2 is 2.00 bits per heavy atom. The SMILES string of the molecule is FC(F)(F)c1ccccc1CNCC1CS1. The molecule has 0 aromatic heterocycles. The summed E-state index contributed by atoms with van der Waals surface area (Å²) in [7, 11) is 0. The summed E-state index contributed by atoms with van der Waals surface area (Å²) in [6.45, 7) is 1.07. The second kappa shape index (κ2) is 4.67. The van der Waals surface area contributed by atoms with Gasteiger partial charge in [0.15, 0.2) is 0 Å². The highest BCUT2D eigenvalue weighted by Gasteiger charge is 2.32. The molecule has 0 bridgehead atoms. The van der Waals surface area contributed by atoms with Crippen molar-refractivity contribution in [2.75, 3.05) is 12.3 Å². The highest BCUT2D eigenvalue weighted by molar-refractivity contribution is 8.06. The van der Waals surface area contributed by atoms with Gasteiger partial charge in [0.25, 0.3) is 0 Å². The van der Waals surface area contributed by atoms with Crippen molar-refractivity contribution in [2.24, 2.45) is 0 Å². The van der Waals surface area contributed by atoms with Crippen LogP contribution >= 0.6 is 11.8 Å². The lowest BCUT2D eigenvalue weighted by Crippen LogP contribution is -2.21. The van der Waals surface area contributed by atoms with E-state index in [-0.39, 0.29) is 6.54 Å². The zero-order chi connectivity index (χ0) is 11.6. The predicted molar refractivity (Wildman–Crippen MR) is 59.4 cm³/mol. The van der Waals surface area contributed by atoms with Crippen molar-refractivity contribution in [2.45, 2.75) is 18.0 Å². The number of hydrogen-bond donors (Lipinski definition) is 1. The number of nitrogens with one attached hydrogen (secondary N) is 1. The molecule has 1 heterocycles. The lowest BCUT2D eigenvalue weighted by molar-refractivity contribution is -0.138. The molecule has 1 aliphatic rings. The van der Waals surface area contributed by atoms with E-state index in [0.717, 1.165) is 18.4 Å². The monoisotopic (exact) mass is 247 g/mol. The molecule has 0 radical (unpaired) electrons. The highest BCUT2D eigenvalue weighted by Crippen LogP contribution is 2.32. The summed E-state index contributed by atoms with van der Waals surface area (Å²) in [6, 6.07) is 5.71. The lowest BCUT2D eigenvalue weighted by atomic mass is 10.1. The quantitative estimate of drug-likeness (QED) is 0.821. The molecule has 0 aliphatic carbocycles. The Bertz CT molecular complexity index is 360. The van der Waals surface area contributed by atoms with Crippen molar-refractivity contribution < 1.29 is 13.2 Å². The molecule has 5 heteroatoms. The van der Waals surface area contributed by atoms with Gasteiger partial charge in [-0.05, 0) is 11.6 Å². The fourth-order valence-electron chi connectivity index (χ4n) is 1.50. The summed E-state index contributed by atoms with van der Waals surface area (Å²) >= 11 is 1.83. The molecular weight excluding hydrogens is 235 g/mol. The van der Waals surface area contributed by atoms with Gasteiger partial charge in [-0.25, -0.2) is 0 Å². The van der Waals surface area contributed by atoms with Crippen molar-refractivity contribution in [3.05, 3.63) is 35.4 Å². The van der Waals surface area contributed by atoms with Gasteiger partial charge in [0.1, 0.15) is 0 Å². The van der Waals surface area contributed by atoms with E-state index in [1.54, 1.807) is 6.07 Å². The number of rotatable bonds is 4. The summed E-state index contributed by atoms with van der Waals surface area (Å²) in [6.07, 6.45) is -4.26. The number of halogens is 3. The Hall–Kier alpha value is -0.680. The van der Waals surface area contributed by atoms with E-state index in [9.17, 15) is 13.2 Å². The van der Waals surface area contributed by atoms with E-state index >= 15 is 0 Å². The van der Waals surface area contributed by atoms with Crippen molar-refractivity contribution in [1.29, 1.82) is 0 Å². The lowest BCUT2D eigenvalue weighted by Gasteiger charge is -2.12. The van der Waals surface area contributed by atoms with Gasteiger partial charge in [0.05, 0.1) is 5.56 Å². The maximum Gasteiger partial charge on any atom is 0.416 e. The molecule has 0 amide bonds. The summed E-state index contributed by atoms with van der Waals surface area (Å²) in [5.74, 6) is 1.12. The first-order chi connectivity index (χ1) is 7.57. The predicted octanol–water partition coefficient (Wildman–Crippen LogP) is 2.91. The van der Waals surface area contributed by atoms with Crippen molar-refractivity contribution in [1.82, 2.24) is 5.32 Å². The van der Waals surface area contributed by atoms with E-state index in [2.05, 4.69) is 5.32 Å². The molecule has 2 rings (SSSR count). The normalized spacial score (nSPS) is 19.8. The largest absolute Gasteiger partial charge is 0.416 e. The molecule has 1 atom stereocenters. The fraction of sp³-hybridized carbons (Fsp3) is 0.455. The summed E-state index contributed by atoms with van der Waals surface area (Å²) < 4.78 is 37.8. The average Bonchev–Trinajstić information content (AvgIpc) is 3.01. The molecule has 16 heavy (non-hydrogen) atoms. The molecule has 1 nitrogen and oxygen atoms in total. The summed E-state index contributed by atoms with van der Waals surface area (Å²) in [5.41, 5.74) is -0.216. The minimum absolute atomic E-state index is 0.284. The Morgan fingerprint density at radius 1 is 1.31 bits per heavy atom. The third-order valence-electron chi connectivity index (χ3n) is 2.41. The molecule has 0 saturated carbocycles. The van der Waals surface area contributed by atoms with Gasteiger partial charge in [-0.15, -0.1) is 0 Å². The summed E-state index contributed by atoms with van der Waals surface area (Å²) in [4.78, 5) is 0. The highest BCUT2D eigenvalue weighted by atomic mass is 32.2. The van der Waals surface area contributed by atoms with E-state index in [0.29, 0.717) is 10.8 Å². The van der Waals surface area contributed by atoms with Gasteiger partial charge < -0.3 is 5.32 Å². The first kappa shape index (κ1) is 11.8. The van der Waals surface area contributed by atoms with Gasteiger partial charge in [-0.1, -0.05) is 18.2 Å². The maximum atomic E-state index is 12.6. The van der Waals surface area contributed by atoms with E-state index < -0.39 is 11.7 Å². The molecule has 1 unspecified atom stereocenters. The fourth-order valence-corrected chi connectivity index (χ4v) is 1.99. The van der Waals surface area contributed by atoms with Gasteiger partial charge in [0, 0.05) is 24.1 Å². The molecule has 1 aliphatic heterocycles. The van der Waals surface area contributed by atoms with Crippen molar-refractivity contribution in [3.63, 3.8) is 0 Å². The number of thioether (sulfide) groups is 1.